The first-order valence-corrected chi connectivity index (χ1v) is 5.95. The average molecular weight is 240 g/mol. The molecule has 1 aromatic carbocycles. The van der Waals surface area contributed by atoms with Crippen LogP contribution in [0.15, 0.2) is 6.07 Å². The third-order valence-corrected chi connectivity index (χ3v) is 2.40. The van der Waals surface area contributed by atoms with Crippen LogP contribution in [-0.4, -0.2) is 23.4 Å². The molecule has 1 aromatic rings. The molecular formula is C13H20O4. The molecule has 0 amide bonds. The minimum Gasteiger partial charge on any atom is -0.507 e. The van der Waals surface area contributed by atoms with Gasteiger partial charge in [0.15, 0.2) is 11.5 Å². The van der Waals surface area contributed by atoms with E-state index in [4.69, 9.17) is 9.47 Å². The number of hydrogen-bond acceptors (Lipinski definition) is 4. The SMILES string of the molecule is CC.CC(C)c1c(O)cc2c(c1O)OCCO2. The van der Waals surface area contributed by atoms with Gasteiger partial charge in [-0.1, -0.05) is 27.7 Å². The Morgan fingerprint density at radius 2 is 1.71 bits per heavy atom. The maximum atomic E-state index is 9.92. The van der Waals surface area contributed by atoms with E-state index in [1.807, 2.05) is 27.7 Å². The smallest absolute Gasteiger partial charge is 0.204 e. The van der Waals surface area contributed by atoms with Crippen LogP contribution in [0.5, 0.6) is 23.0 Å². The fraction of sp³-hybridized carbons (Fsp3) is 0.538. The van der Waals surface area contributed by atoms with Crippen LogP contribution in [-0.2, 0) is 0 Å². The lowest BCUT2D eigenvalue weighted by Gasteiger charge is -2.22. The zero-order valence-corrected chi connectivity index (χ0v) is 10.8. The van der Waals surface area contributed by atoms with Crippen molar-refractivity contribution >= 4 is 0 Å². The van der Waals surface area contributed by atoms with Gasteiger partial charge in [-0.25, -0.2) is 0 Å². The molecule has 96 valence electrons. The normalized spacial score (nSPS) is 13.0. The zero-order valence-electron chi connectivity index (χ0n) is 10.8. The standard InChI is InChI=1S/C11H14O4.C2H6/c1-6(2)9-7(12)5-8-11(10(9)13)15-4-3-14-8;1-2/h5-6,12-13H,3-4H2,1-2H3;1-2H3. The number of ether oxygens (including phenoxy) is 2. The van der Waals surface area contributed by atoms with Gasteiger partial charge in [0.2, 0.25) is 5.75 Å². The number of aromatic hydroxyl groups is 2. The van der Waals surface area contributed by atoms with Gasteiger partial charge >= 0.3 is 0 Å². The fourth-order valence-electron chi connectivity index (χ4n) is 1.74. The van der Waals surface area contributed by atoms with E-state index >= 15 is 0 Å². The second-order valence-electron chi connectivity index (χ2n) is 3.84. The number of benzene rings is 1. The molecule has 1 aliphatic rings. The van der Waals surface area contributed by atoms with Crippen LogP contribution >= 0.6 is 0 Å². The summed E-state index contributed by atoms with van der Waals surface area (Å²) in [5.41, 5.74) is 0.499. The average Bonchev–Trinajstić information content (AvgIpc) is 2.31. The second-order valence-corrected chi connectivity index (χ2v) is 3.84. The minimum atomic E-state index is -0.0142. The highest BCUT2D eigenvalue weighted by Gasteiger charge is 2.23. The van der Waals surface area contributed by atoms with E-state index in [1.54, 1.807) is 0 Å². The van der Waals surface area contributed by atoms with Gasteiger partial charge in [-0.2, -0.15) is 0 Å². The molecule has 0 spiro atoms. The molecule has 0 unspecified atom stereocenters. The molecule has 1 aliphatic heterocycles. The first-order chi connectivity index (χ1) is 8.11. The molecule has 4 heteroatoms. The predicted octanol–water partition coefficient (Wildman–Crippen LogP) is 3.02. The topological polar surface area (TPSA) is 58.9 Å². The highest BCUT2D eigenvalue weighted by atomic mass is 16.6. The number of fused-ring (bicyclic) bond motifs is 1. The van der Waals surface area contributed by atoms with Crippen LogP contribution in [0.2, 0.25) is 0 Å². The number of rotatable bonds is 1. The summed E-state index contributed by atoms with van der Waals surface area (Å²) in [5.74, 6) is 0.802. The van der Waals surface area contributed by atoms with Crippen molar-refractivity contribution in [3.8, 4) is 23.0 Å². The minimum absolute atomic E-state index is 0.0142. The Bertz CT molecular complexity index is 385. The third-order valence-electron chi connectivity index (χ3n) is 2.40. The van der Waals surface area contributed by atoms with Gasteiger partial charge in [0, 0.05) is 11.6 Å². The Morgan fingerprint density at radius 3 is 2.29 bits per heavy atom. The molecule has 0 bridgehead atoms. The quantitative estimate of drug-likeness (QED) is 0.792. The third kappa shape index (κ3) is 2.57. The summed E-state index contributed by atoms with van der Waals surface area (Å²) in [6, 6.07) is 1.49. The van der Waals surface area contributed by atoms with Gasteiger partial charge in [-0.3, -0.25) is 0 Å². The largest absolute Gasteiger partial charge is 0.507 e. The van der Waals surface area contributed by atoms with Gasteiger partial charge in [0.05, 0.1) is 0 Å². The summed E-state index contributed by atoms with van der Waals surface area (Å²) in [6.07, 6.45) is 0. The lowest BCUT2D eigenvalue weighted by Crippen LogP contribution is -2.15. The van der Waals surface area contributed by atoms with Crippen LogP contribution in [0.1, 0.15) is 39.2 Å². The van der Waals surface area contributed by atoms with E-state index in [9.17, 15) is 10.2 Å². The van der Waals surface area contributed by atoms with Crippen molar-refractivity contribution < 1.29 is 19.7 Å². The molecule has 0 saturated carbocycles. The molecule has 4 nitrogen and oxygen atoms in total. The van der Waals surface area contributed by atoms with Crippen molar-refractivity contribution in [1.82, 2.24) is 0 Å². The van der Waals surface area contributed by atoms with E-state index in [0.717, 1.165) is 0 Å². The molecule has 0 radical (unpaired) electrons. The van der Waals surface area contributed by atoms with Crippen LogP contribution < -0.4 is 9.47 Å². The van der Waals surface area contributed by atoms with Crippen molar-refractivity contribution in [2.24, 2.45) is 0 Å². The highest BCUT2D eigenvalue weighted by Crippen LogP contribution is 2.47. The van der Waals surface area contributed by atoms with E-state index in [0.29, 0.717) is 30.3 Å². The summed E-state index contributed by atoms with van der Waals surface area (Å²) in [4.78, 5) is 0. The molecular weight excluding hydrogens is 220 g/mol. The maximum absolute atomic E-state index is 9.92. The zero-order chi connectivity index (χ0) is 13.0. The van der Waals surface area contributed by atoms with Crippen LogP contribution in [0, 0.1) is 0 Å². The fourth-order valence-corrected chi connectivity index (χ4v) is 1.74. The van der Waals surface area contributed by atoms with Crippen LogP contribution in [0.3, 0.4) is 0 Å². The molecule has 0 aromatic heterocycles. The Hall–Kier alpha value is -1.58. The summed E-state index contributed by atoms with van der Waals surface area (Å²) >= 11 is 0. The number of phenols is 2. The second kappa shape index (κ2) is 5.66. The molecule has 0 saturated heterocycles. The molecule has 1 heterocycles. The summed E-state index contributed by atoms with van der Waals surface area (Å²) in [6.45, 7) is 8.64. The van der Waals surface area contributed by atoms with Crippen LogP contribution in [0.4, 0.5) is 0 Å². The van der Waals surface area contributed by atoms with Crippen molar-refractivity contribution in [2.45, 2.75) is 33.6 Å². The Kier molecular flexibility index (Phi) is 4.49. The van der Waals surface area contributed by atoms with Gasteiger partial charge < -0.3 is 19.7 Å². The number of hydrogen-bond donors (Lipinski definition) is 2. The Balaban J connectivity index is 0.000000686. The van der Waals surface area contributed by atoms with E-state index < -0.39 is 0 Å². The molecule has 0 aliphatic carbocycles. The van der Waals surface area contributed by atoms with Gasteiger partial charge in [-0.15, -0.1) is 0 Å². The van der Waals surface area contributed by atoms with Crippen molar-refractivity contribution in [2.75, 3.05) is 13.2 Å². The van der Waals surface area contributed by atoms with E-state index in [2.05, 4.69) is 0 Å². The maximum Gasteiger partial charge on any atom is 0.204 e. The Morgan fingerprint density at radius 1 is 1.12 bits per heavy atom. The first-order valence-electron chi connectivity index (χ1n) is 5.95. The lowest BCUT2D eigenvalue weighted by atomic mass is 10.00. The number of phenolic OH excluding ortho intramolecular Hbond substituents is 2. The van der Waals surface area contributed by atoms with E-state index in [1.165, 1.54) is 6.07 Å². The monoisotopic (exact) mass is 240 g/mol. The molecule has 2 rings (SSSR count). The highest BCUT2D eigenvalue weighted by molar-refractivity contribution is 5.61. The summed E-state index contributed by atoms with van der Waals surface area (Å²) < 4.78 is 10.6. The first kappa shape index (κ1) is 13.5. The van der Waals surface area contributed by atoms with Crippen molar-refractivity contribution in [3.05, 3.63) is 11.6 Å². The molecule has 0 fully saturated rings. The van der Waals surface area contributed by atoms with Crippen LogP contribution in [0.25, 0.3) is 0 Å². The molecule has 17 heavy (non-hydrogen) atoms. The summed E-state index contributed by atoms with van der Waals surface area (Å²) in [7, 11) is 0. The Labute approximate surface area is 102 Å². The van der Waals surface area contributed by atoms with Crippen molar-refractivity contribution in [3.63, 3.8) is 0 Å². The molecule has 2 N–H and O–H groups in total. The van der Waals surface area contributed by atoms with E-state index in [-0.39, 0.29) is 17.4 Å². The predicted molar refractivity (Wildman–Crippen MR) is 66.2 cm³/mol. The summed E-state index contributed by atoms with van der Waals surface area (Å²) in [5, 5.41) is 19.6. The molecule has 0 atom stereocenters. The van der Waals surface area contributed by atoms with Crippen molar-refractivity contribution in [1.29, 1.82) is 0 Å². The lowest BCUT2D eigenvalue weighted by molar-refractivity contribution is 0.164. The van der Waals surface area contributed by atoms with Gasteiger partial charge in [0.1, 0.15) is 19.0 Å². The van der Waals surface area contributed by atoms with Gasteiger partial charge in [0.25, 0.3) is 0 Å². The van der Waals surface area contributed by atoms with Gasteiger partial charge in [-0.05, 0) is 5.92 Å².